The summed E-state index contributed by atoms with van der Waals surface area (Å²) in [5, 5.41) is 11.9. The van der Waals surface area contributed by atoms with Crippen molar-refractivity contribution >= 4 is 27.6 Å². The molecule has 0 aliphatic heterocycles. The fraction of sp³-hybridized carbons (Fsp3) is 0.500. The van der Waals surface area contributed by atoms with Crippen molar-refractivity contribution in [1.82, 2.24) is 4.31 Å². The molecule has 0 bridgehead atoms. The number of anilines is 1. The number of carbonyl (C=O) groups excluding carboxylic acids is 1. The molecule has 1 fully saturated rings. The van der Waals surface area contributed by atoms with Crippen LogP contribution in [0.1, 0.15) is 25.7 Å². The van der Waals surface area contributed by atoms with Crippen molar-refractivity contribution in [1.29, 1.82) is 0 Å². The molecule has 1 amide bonds. The standard InChI is InChI=1S/C16H22N2O5S/c1-18(2)24(22,23)12-9-7-11(8-10-12)17-15(19)13-5-3-4-6-14(13)16(20)21/h7-10,13-14H,3-6H2,1-2H3,(H,17,19)(H,20,21)/t13-,14-/m1/s1. The maximum atomic E-state index is 12.4. The number of nitrogens with zero attached hydrogens (tertiary/aromatic N) is 1. The summed E-state index contributed by atoms with van der Waals surface area (Å²) in [6.45, 7) is 0. The molecule has 0 unspecified atom stereocenters. The summed E-state index contributed by atoms with van der Waals surface area (Å²) >= 11 is 0. The van der Waals surface area contributed by atoms with Crippen molar-refractivity contribution in [3.05, 3.63) is 24.3 Å². The molecule has 0 spiro atoms. The van der Waals surface area contributed by atoms with Crippen LogP contribution in [-0.2, 0) is 19.6 Å². The van der Waals surface area contributed by atoms with Crippen molar-refractivity contribution in [2.24, 2.45) is 11.8 Å². The first-order valence-corrected chi connectivity index (χ1v) is 9.23. The van der Waals surface area contributed by atoms with Crippen molar-refractivity contribution in [2.45, 2.75) is 30.6 Å². The van der Waals surface area contributed by atoms with Crippen LogP contribution in [0.5, 0.6) is 0 Å². The molecule has 1 saturated carbocycles. The summed E-state index contributed by atoms with van der Waals surface area (Å²) < 4.78 is 25.1. The lowest BCUT2D eigenvalue weighted by molar-refractivity contribution is -0.147. The lowest BCUT2D eigenvalue weighted by Gasteiger charge is -2.27. The highest BCUT2D eigenvalue weighted by Crippen LogP contribution is 2.31. The van der Waals surface area contributed by atoms with Crippen LogP contribution in [0.25, 0.3) is 0 Å². The molecule has 2 N–H and O–H groups in total. The summed E-state index contributed by atoms with van der Waals surface area (Å²) in [7, 11) is -0.631. The van der Waals surface area contributed by atoms with E-state index >= 15 is 0 Å². The normalized spacial score (nSPS) is 21.5. The molecule has 2 atom stereocenters. The quantitative estimate of drug-likeness (QED) is 0.838. The molecule has 1 aromatic rings. The van der Waals surface area contributed by atoms with Crippen molar-refractivity contribution in [3.8, 4) is 0 Å². The molecular weight excluding hydrogens is 332 g/mol. The number of nitrogens with one attached hydrogen (secondary N) is 1. The Morgan fingerprint density at radius 2 is 1.62 bits per heavy atom. The lowest BCUT2D eigenvalue weighted by atomic mass is 9.78. The van der Waals surface area contributed by atoms with Crippen molar-refractivity contribution in [3.63, 3.8) is 0 Å². The molecule has 24 heavy (non-hydrogen) atoms. The monoisotopic (exact) mass is 354 g/mol. The predicted molar refractivity (Wildman–Crippen MR) is 89.0 cm³/mol. The second kappa shape index (κ2) is 7.31. The number of benzene rings is 1. The number of carboxylic acids is 1. The van der Waals surface area contributed by atoms with Crippen LogP contribution >= 0.6 is 0 Å². The zero-order chi connectivity index (χ0) is 17.9. The molecule has 8 heteroatoms. The zero-order valence-corrected chi connectivity index (χ0v) is 14.5. The average molecular weight is 354 g/mol. The van der Waals surface area contributed by atoms with E-state index in [0.29, 0.717) is 18.5 Å². The number of aliphatic carboxylic acids is 1. The van der Waals surface area contributed by atoms with E-state index in [1.165, 1.54) is 38.4 Å². The van der Waals surface area contributed by atoms with Crippen LogP contribution in [0, 0.1) is 11.8 Å². The first kappa shape index (κ1) is 18.4. The van der Waals surface area contributed by atoms with Crippen LogP contribution in [0.15, 0.2) is 29.2 Å². The Hall–Kier alpha value is -1.93. The molecule has 132 valence electrons. The fourth-order valence-electron chi connectivity index (χ4n) is 2.90. The summed E-state index contributed by atoms with van der Waals surface area (Å²) in [5.74, 6) is -2.49. The molecule has 1 aliphatic carbocycles. The SMILES string of the molecule is CN(C)S(=O)(=O)c1ccc(NC(=O)[C@@H]2CCCC[C@H]2C(=O)O)cc1. The second-order valence-electron chi connectivity index (χ2n) is 6.14. The maximum absolute atomic E-state index is 12.4. The first-order chi connectivity index (χ1) is 11.2. The third-order valence-electron chi connectivity index (χ3n) is 4.32. The van der Waals surface area contributed by atoms with Gasteiger partial charge in [-0.25, -0.2) is 12.7 Å². The van der Waals surface area contributed by atoms with E-state index in [1.807, 2.05) is 0 Å². The average Bonchev–Trinajstić information content (AvgIpc) is 2.55. The number of sulfonamides is 1. The molecule has 0 radical (unpaired) electrons. The summed E-state index contributed by atoms with van der Waals surface area (Å²) in [6, 6.07) is 5.85. The van der Waals surface area contributed by atoms with Gasteiger partial charge in [-0.15, -0.1) is 0 Å². The van der Waals surface area contributed by atoms with Crippen LogP contribution in [0.2, 0.25) is 0 Å². The van der Waals surface area contributed by atoms with E-state index in [0.717, 1.165) is 17.1 Å². The summed E-state index contributed by atoms with van der Waals surface area (Å²) in [4.78, 5) is 23.8. The number of hydrogen-bond donors (Lipinski definition) is 2. The number of rotatable bonds is 5. The minimum atomic E-state index is -3.52. The number of carboxylic acid groups (broad SMARTS) is 1. The summed E-state index contributed by atoms with van der Waals surface area (Å²) in [6.07, 6.45) is 2.71. The van der Waals surface area contributed by atoms with E-state index in [9.17, 15) is 23.1 Å². The third kappa shape index (κ3) is 3.93. The van der Waals surface area contributed by atoms with Gasteiger partial charge in [-0.1, -0.05) is 12.8 Å². The van der Waals surface area contributed by atoms with Gasteiger partial charge >= 0.3 is 5.97 Å². The highest BCUT2D eigenvalue weighted by Gasteiger charge is 2.35. The largest absolute Gasteiger partial charge is 0.481 e. The van der Waals surface area contributed by atoms with Gasteiger partial charge in [0.15, 0.2) is 0 Å². The van der Waals surface area contributed by atoms with E-state index in [1.54, 1.807) is 0 Å². The molecule has 0 saturated heterocycles. The Morgan fingerprint density at radius 3 is 2.12 bits per heavy atom. The Labute approximate surface area is 141 Å². The number of amides is 1. The van der Waals surface area contributed by atoms with Crippen LogP contribution in [0.3, 0.4) is 0 Å². The molecule has 0 heterocycles. The third-order valence-corrected chi connectivity index (χ3v) is 6.15. The molecule has 1 aromatic carbocycles. The van der Waals surface area contributed by atoms with E-state index in [4.69, 9.17) is 0 Å². The van der Waals surface area contributed by atoms with Gasteiger partial charge in [0, 0.05) is 19.8 Å². The van der Waals surface area contributed by atoms with E-state index in [-0.39, 0.29) is 10.8 Å². The predicted octanol–water partition coefficient (Wildman–Crippen LogP) is 1.77. The summed E-state index contributed by atoms with van der Waals surface area (Å²) in [5.41, 5.74) is 0.451. The van der Waals surface area contributed by atoms with Crippen molar-refractivity contribution < 1.29 is 23.1 Å². The molecule has 2 rings (SSSR count). The Balaban J connectivity index is 2.11. The minimum Gasteiger partial charge on any atom is -0.481 e. The second-order valence-corrected chi connectivity index (χ2v) is 8.29. The van der Waals surface area contributed by atoms with Crippen LogP contribution < -0.4 is 5.32 Å². The Morgan fingerprint density at radius 1 is 1.08 bits per heavy atom. The van der Waals surface area contributed by atoms with Gasteiger partial charge in [-0.05, 0) is 37.1 Å². The molecule has 7 nitrogen and oxygen atoms in total. The zero-order valence-electron chi connectivity index (χ0n) is 13.7. The highest BCUT2D eigenvalue weighted by molar-refractivity contribution is 7.89. The Kier molecular flexibility index (Phi) is 5.61. The smallest absolute Gasteiger partial charge is 0.307 e. The van der Waals surface area contributed by atoms with Gasteiger partial charge < -0.3 is 10.4 Å². The molecular formula is C16H22N2O5S. The Bertz CT molecular complexity index is 712. The number of carbonyl (C=O) groups is 2. The van der Waals surface area contributed by atoms with E-state index < -0.39 is 27.8 Å². The molecule has 0 aromatic heterocycles. The van der Waals surface area contributed by atoms with Crippen LogP contribution in [0.4, 0.5) is 5.69 Å². The topological polar surface area (TPSA) is 104 Å². The fourth-order valence-corrected chi connectivity index (χ4v) is 3.80. The maximum Gasteiger partial charge on any atom is 0.307 e. The van der Waals surface area contributed by atoms with E-state index in [2.05, 4.69) is 5.32 Å². The van der Waals surface area contributed by atoms with Crippen molar-refractivity contribution in [2.75, 3.05) is 19.4 Å². The van der Waals surface area contributed by atoms with Gasteiger partial charge in [-0.2, -0.15) is 0 Å². The van der Waals surface area contributed by atoms with Gasteiger partial charge in [0.25, 0.3) is 0 Å². The van der Waals surface area contributed by atoms with Gasteiger partial charge in [0.1, 0.15) is 0 Å². The first-order valence-electron chi connectivity index (χ1n) is 7.79. The molecule has 1 aliphatic rings. The van der Waals surface area contributed by atoms with Crippen LogP contribution in [-0.4, -0.2) is 43.8 Å². The van der Waals surface area contributed by atoms with Gasteiger partial charge in [0.05, 0.1) is 16.7 Å². The highest BCUT2D eigenvalue weighted by atomic mass is 32.2. The van der Waals surface area contributed by atoms with Gasteiger partial charge in [0.2, 0.25) is 15.9 Å². The van der Waals surface area contributed by atoms with Gasteiger partial charge in [-0.3, -0.25) is 9.59 Å². The minimum absolute atomic E-state index is 0.131. The number of hydrogen-bond acceptors (Lipinski definition) is 4. The lowest BCUT2D eigenvalue weighted by Crippen LogP contribution is -2.36.